The predicted molar refractivity (Wildman–Crippen MR) is 64.8 cm³/mol. The fourth-order valence-electron chi connectivity index (χ4n) is 2.00. The zero-order chi connectivity index (χ0) is 10.9. The molecule has 1 heterocycles. The fraction of sp³-hybridized carbons (Fsp3) is 0.909. The lowest BCUT2D eigenvalue weighted by Gasteiger charge is -2.22. The maximum absolute atomic E-state index is 11.7. The van der Waals surface area contributed by atoms with Crippen LogP contribution < -0.4 is 10.6 Å². The summed E-state index contributed by atoms with van der Waals surface area (Å²) >= 11 is 0. The van der Waals surface area contributed by atoms with Crippen LogP contribution in [0.25, 0.3) is 0 Å². The number of amides is 1. The van der Waals surface area contributed by atoms with Crippen LogP contribution in [0, 0.1) is 11.3 Å². The van der Waals surface area contributed by atoms with Gasteiger partial charge < -0.3 is 15.4 Å². The second kappa shape index (κ2) is 5.34. The van der Waals surface area contributed by atoms with Gasteiger partial charge in [0.15, 0.2) is 0 Å². The number of nitrogens with one attached hydrogen (secondary N) is 2. The molecule has 1 amide bonds. The first kappa shape index (κ1) is 13.7. The maximum atomic E-state index is 11.7. The number of carbonyl (C=O) groups excluding carboxylic acids is 1. The van der Waals surface area contributed by atoms with Crippen LogP contribution in [0.1, 0.15) is 20.3 Å². The van der Waals surface area contributed by atoms with E-state index in [0.717, 1.165) is 13.1 Å². The van der Waals surface area contributed by atoms with E-state index in [1.165, 1.54) is 6.42 Å². The molecule has 16 heavy (non-hydrogen) atoms. The molecule has 4 nitrogen and oxygen atoms in total. The molecule has 1 aliphatic heterocycles. The van der Waals surface area contributed by atoms with Gasteiger partial charge >= 0.3 is 0 Å². The van der Waals surface area contributed by atoms with Crippen molar-refractivity contribution in [2.75, 3.05) is 26.2 Å². The van der Waals surface area contributed by atoms with Gasteiger partial charge in [0.2, 0.25) is 5.91 Å². The SMILES string of the molecule is CC1(C)CC1CNC(=O)[C@@H]1CNCCO1.Cl. The number of hydrogen-bond acceptors (Lipinski definition) is 3. The van der Waals surface area contributed by atoms with Crippen LogP contribution in [0.15, 0.2) is 0 Å². The van der Waals surface area contributed by atoms with E-state index in [-0.39, 0.29) is 24.4 Å². The minimum Gasteiger partial charge on any atom is -0.366 e. The van der Waals surface area contributed by atoms with Gasteiger partial charge in [-0.3, -0.25) is 4.79 Å². The summed E-state index contributed by atoms with van der Waals surface area (Å²) in [4.78, 5) is 11.7. The molecule has 1 saturated carbocycles. The van der Waals surface area contributed by atoms with E-state index in [4.69, 9.17) is 4.74 Å². The highest BCUT2D eigenvalue weighted by molar-refractivity contribution is 5.85. The molecule has 0 spiro atoms. The van der Waals surface area contributed by atoms with E-state index in [9.17, 15) is 4.79 Å². The average Bonchev–Trinajstić information content (AvgIpc) is 2.84. The Hall–Kier alpha value is -0.320. The second-order valence-electron chi connectivity index (χ2n) is 5.20. The van der Waals surface area contributed by atoms with Crippen molar-refractivity contribution < 1.29 is 9.53 Å². The topological polar surface area (TPSA) is 50.4 Å². The van der Waals surface area contributed by atoms with Crippen molar-refractivity contribution in [1.82, 2.24) is 10.6 Å². The summed E-state index contributed by atoms with van der Waals surface area (Å²) in [5, 5.41) is 6.12. The van der Waals surface area contributed by atoms with Gasteiger partial charge in [-0.25, -0.2) is 0 Å². The summed E-state index contributed by atoms with van der Waals surface area (Å²) in [6.45, 7) is 7.39. The Morgan fingerprint density at radius 1 is 1.56 bits per heavy atom. The minimum absolute atomic E-state index is 0. The minimum atomic E-state index is -0.291. The first-order valence-corrected chi connectivity index (χ1v) is 5.69. The van der Waals surface area contributed by atoms with Crippen LogP contribution in [0.5, 0.6) is 0 Å². The van der Waals surface area contributed by atoms with Crippen LogP contribution in [0.4, 0.5) is 0 Å². The smallest absolute Gasteiger partial charge is 0.250 e. The number of morpholine rings is 1. The summed E-state index contributed by atoms with van der Waals surface area (Å²) in [6, 6.07) is 0. The molecule has 1 saturated heterocycles. The Kier molecular flexibility index (Phi) is 4.59. The van der Waals surface area contributed by atoms with Crippen LogP contribution in [0.3, 0.4) is 0 Å². The predicted octanol–water partition coefficient (Wildman–Crippen LogP) is 0.559. The quantitative estimate of drug-likeness (QED) is 0.768. The lowest BCUT2D eigenvalue weighted by molar-refractivity contribution is -0.134. The summed E-state index contributed by atoms with van der Waals surface area (Å²) in [6.07, 6.45) is 0.928. The number of ether oxygens (including phenoxy) is 1. The van der Waals surface area contributed by atoms with Crippen LogP contribution in [0.2, 0.25) is 0 Å². The average molecular weight is 249 g/mol. The lowest BCUT2D eigenvalue weighted by Crippen LogP contribution is -2.48. The third-order valence-electron chi connectivity index (χ3n) is 3.46. The van der Waals surface area contributed by atoms with Crippen molar-refractivity contribution in [3.05, 3.63) is 0 Å². The Balaban J connectivity index is 0.00000128. The van der Waals surface area contributed by atoms with E-state index in [1.807, 2.05) is 0 Å². The molecular formula is C11H21ClN2O2. The Bertz CT molecular complexity index is 252. The van der Waals surface area contributed by atoms with Crippen molar-refractivity contribution in [2.24, 2.45) is 11.3 Å². The van der Waals surface area contributed by atoms with Gasteiger partial charge in [0.1, 0.15) is 6.10 Å². The van der Waals surface area contributed by atoms with Crippen LogP contribution >= 0.6 is 12.4 Å². The summed E-state index contributed by atoms with van der Waals surface area (Å²) in [7, 11) is 0. The zero-order valence-electron chi connectivity index (χ0n) is 9.91. The summed E-state index contributed by atoms with van der Waals surface area (Å²) < 4.78 is 5.37. The third kappa shape index (κ3) is 3.34. The number of hydrogen-bond donors (Lipinski definition) is 2. The highest BCUT2D eigenvalue weighted by Gasteiger charge is 2.45. The van der Waals surface area contributed by atoms with E-state index in [0.29, 0.717) is 24.5 Å². The third-order valence-corrected chi connectivity index (χ3v) is 3.46. The number of carbonyl (C=O) groups is 1. The van der Waals surface area contributed by atoms with Gasteiger partial charge in [0.25, 0.3) is 0 Å². The molecule has 0 aromatic carbocycles. The van der Waals surface area contributed by atoms with Crippen molar-refractivity contribution >= 4 is 18.3 Å². The van der Waals surface area contributed by atoms with Gasteiger partial charge in [-0.05, 0) is 17.8 Å². The van der Waals surface area contributed by atoms with E-state index in [2.05, 4.69) is 24.5 Å². The molecule has 0 aromatic rings. The standard InChI is InChI=1S/C11H20N2O2.ClH/c1-11(2)5-8(11)6-13-10(14)9-7-12-3-4-15-9;/h8-9,12H,3-7H2,1-2H3,(H,13,14);1H/t8?,9-;/m0./s1. The monoisotopic (exact) mass is 248 g/mol. The van der Waals surface area contributed by atoms with Crippen molar-refractivity contribution in [3.63, 3.8) is 0 Å². The molecule has 0 aromatic heterocycles. The molecule has 5 heteroatoms. The summed E-state index contributed by atoms with van der Waals surface area (Å²) in [5.74, 6) is 0.683. The maximum Gasteiger partial charge on any atom is 0.250 e. The van der Waals surface area contributed by atoms with E-state index >= 15 is 0 Å². The van der Waals surface area contributed by atoms with Crippen molar-refractivity contribution in [2.45, 2.75) is 26.4 Å². The first-order valence-electron chi connectivity index (χ1n) is 5.69. The fourth-order valence-corrected chi connectivity index (χ4v) is 2.00. The van der Waals surface area contributed by atoms with Gasteiger partial charge in [-0.1, -0.05) is 13.8 Å². The van der Waals surface area contributed by atoms with Gasteiger partial charge in [0.05, 0.1) is 6.61 Å². The molecule has 2 aliphatic rings. The van der Waals surface area contributed by atoms with Crippen LogP contribution in [-0.2, 0) is 9.53 Å². The lowest BCUT2D eigenvalue weighted by atomic mass is 10.1. The van der Waals surface area contributed by atoms with E-state index < -0.39 is 0 Å². The Morgan fingerprint density at radius 2 is 2.25 bits per heavy atom. The molecule has 2 rings (SSSR count). The molecule has 1 unspecified atom stereocenters. The van der Waals surface area contributed by atoms with Gasteiger partial charge in [0, 0.05) is 19.6 Å². The molecule has 2 atom stereocenters. The number of rotatable bonds is 3. The summed E-state index contributed by atoms with van der Waals surface area (Å²) in [5.41, 5.74) is 0.430. The molecule has 2 N–H and O–H groups in total. The molecule has 94 valence electrons. The Labute approximate surface area is 103 Å². The molecule has 0 radical (unpaired) electrons. The second-order valence-corrected chi connectivity index (χ2v) is 5.20. The van der Waals surface area contributed by atoms with Gasteiger partial charge in [-0.2, -0.15) is 0 Å². The molecule has 0 bridgehead atoms. The normalized spacial score (nSPS) is 31.4. The Morgan fingerprint density at radius 3 is 2.75 bits per heavy atom. The van der Waals surface area contributed by atoms with E-state index in [1.54, 1.807) is 0 Å². The van der Waals surface area contributed by atoms with Crippen molar-refractivity contribution in [3.8, 4) is 0 Å². The molecular weight excluding hydrogens is 228 g/mol. The zero-order valence-corrected chi connectivity index (χ0v) is 10.7. The molecule has 2 fully saturated rings. The number of halogens is 1. The largest absolute Gasteiger partial charge is 0.366 e. The van der Waals surface area contributed by atoms with Crippen molar-refractivity contribution in [1.29, 1.82) is 0 Å². The molecule has 1 aliphatic carbocycles. The first-order chi connectivity index (χ1) is 7.09. The highest BCUT2D eigenvalue weighted by atomic mass is 35.5. The highest BCUT2D eigenvalue weighted by Crippen LogP contribution is 2.50. The van der Waals surface area contributed by atoms with Gasteiger partial charge in [-0.15, -0.1) is 12.4 Å². The van der Waals surface area contributed by atoms with Crippen LogP contribution in [-0.4, -0.2) is 38.3 Å².